The minimum absolute atomic E-state index is 0.998. The molecule has 0 amide bonds. The first-order valence-electron chi connectivity index (χ1n) is 6.24. The van der Waals surface area contributed by atoms with Crippen LogP contribution in [0, 0.1) is 0 Å². The molecule has 0 nitrogen and oxygen atoms in total. The quantitative estimate of drug-likeness (QED) is 0.674. The van der Waals surface area contributed by atoms with E-state index >= 15 is 0 Å². The lowest BCUT2D eigenvalue weighted by Gasteiger charge is -2.08. The van der Waals surface area contributed by atoms with E-state index in [0.717, 1.165) is 18.2 Å². The van der Waals surface area contributed by atoms with Gasteiger partial charge in [0.25, 0.3) is 0 Å². The van der Waals surface area contributed by atoms with Crippen LogP contribution < -0.4 is 0 Å². The maximum atomic E-state index is 3.49. The van der Waals surface area contributed by atoms with Gasteiger partial charge in [0.05, 0.1) is 0 Å². The molecule has 0 atom stereocenters. The van der Waals surface area contributed by atoms with Gasteiger partial charge in [-0.05, 0) is 29.5 Å². The minimum atomic E-state index is 0.998. The lowest BCUT2D eigenvalue weighted by molar-refractivity contribution is 1.21. The summed E-state index contributed by atoms with van der Waals surface area (Å²) in [5, 5.41) is 1.01. The molecule has 0 N–H and O–H groups in total. The second-order valence-corrected chi connectivity index (χ2v) is 5.03. The van der Waals surface area contributed by atoms with Crippen molar-refractivity contribution in [3.8, 4) is 0 Å². The fourth-order valence-electron chi connectivity index (χ4n) is 1.99. The van der Waals surface area contributed by atoms with E-state index in [4.69, 9.17) is 0 Å². The molecule has 0 aliphatic rings. The standard InChI is InChI=1S/C17H17Br/c18-13-7-12-17(16-10-5-2-6-11-16)14-15-8-3-1-4-9-15/h1-6,8-12H,7,13-14H2. The Morgan fingerprint density at radius 3 is 2.11 bits per heavy atom. The van der Waals surface area contributed by atoms with Crippen molar-refractivity contribution in [2.45, 2.75) is 12.8 Å². The van der Waals surface area contributed by atoms with Crippen LogP contribution in [0.4, 0.5) is 0 Å². The summed E-state index contributed by atoms with van der Waals surface area (Å²) in [7, 11) is 0. The molecule has 0 aliphatic carbocycles. The molecule has 92 valence electrons. The summed E-state index contributed by atoms with van der Waals surface area (Å²) in [6.07, 6.45) is 4.39. The van der Waals surface area contributed by atoms with Crippen molar-refractivity contribution >= 4 is 21.5 Å². The Morgan fingerprint density at radius 1 is 0.889 bits per heavy atom. The number of allylic oxidation sites excluding steroid dienone is 2. The van der Waals surface area contributed by atoms with Gasteiger partial charge in [-0.2, -0.15) is 0 Å². The smallest absolute Gasteiger partial charge is 0.00661 e. The van der Waals surface area contributed by atoms with Gasteiger partial charge in [0, 0.05) is 5.33 Å². The molecule has 0 saturated carbocycles. The van der Waals surface area contributed by atoms with Gasteiger partial charge in [0.2, 0.25) is 0 Å². The monoisotopic (exact) mass is 300 g/mol. The fraction of sp³-hybridized carbons (Fsp3) is 0.176. The summed E-state index contributed by atoms with van der Waals surface area (Å²) in [5.41, 5.74) is 4.09. The average Bonchev–Trinajstić information content (AvgIpc) is 2.45. The minimum Gasteiger partial charge on any atom is -0.0925 e. The van der Waals surface area contributed by atoms with E-state index in [1.54, 1.807) is 0 Å². The zero-order valence-electron chi connectivity index (χ0n) is 10.4. The van der Waals surface area contributed by atoms with Crippen LogP contribution in [0.3, 0.4) is 0 Å². The summed E-state index contributed by atoms with van der Waals surface area (Å²) < 4.78 is 0. The highest BCUT2D eigenvalue weighted by molar-refractivity contribution is 9.09. The molecular formula is C17H17Br. The molecule has 0 aromatic heterocycles. The molecule has 1 heteroatoms. The molecule has 18 heavy (non-hydrogen) atoms. The first kappa shape index (κ1) is 13.1. The Hall–Kier alpha value is -1.34. The third-order valence-corrected chi connectivity index (χ3v) is 3.34. The van der Waals surface area contributed by atoms with E-state index in [0.29, 0.717) is 0 Å². The van der Waals surface area contributed by atoms with Gasteiger partial charge >= 0.3 is 0 Å². The van der Waals surface area contributed by atoms with E-state index in [2.05, 4.69) is 82.7 Å². The van der Waals surface area contributed by atoms with Crippen molar-refractivity contribution in [3.05, 3.63) is 77.9 Å². The fourth-order valence-corrected chi connectivity index (χ4v) is 2.22. The van der Waals surface area contributed by atoms with Gasteiger partial charge in [-0.1, -0.05) is 82.7 Å². The summed E-state index contributed by atoms with van der Waals surface area (Å²) in [6, 6.07) is 21.3. The van der Waals surface area contributed by atoms with Gasteiger partial charge in [-0.3, -0.25) is 0 Å². The number of hydrogen-bond donors (Lipinski definition) is 0. The molecule has 0 saturated heterocycles. The molecule has 2 aromatic carbocycles. The molecule has 0 aliphatic heterocycles. The molecular weight excluding hydrogens is 284 g/mol. The Balaban J connectivity index is 2.22. The third kappa shape index (κ3) is 3.85. The summed E-state index contributed by atoms with van der Waals surface area (Å²) in [5.74, 6) is 0. The number of alkyl halides is 1. The predicted octanol–water partition coefficient (Wildman–Crippen LogP) is 5.10. The van der Waals surface area contributed by atoms with Crippen molar-refractivity contribution in [1.82, 2.24) is 0 Å². The number of benzene rings is 2. The number of rotatable bonds is 5. The molecule has 0 fully saturated rings. The predicted molar refractivity (Wildman–Crippen MR) is 83.0 cm³/mol. The Kier molecular flexibility index (Phi) is 5.22. The molecule has 0 spiro atoms. The van der Waals surface area contributed by atoms with Crippen LogP contribution in [0.15, 0.2) is 66.7 Å². The first-order chi connectivity index (χ1) is 8.90. The maximum absolute atomic E-state index is 3.49. The summed E-state index contributed by atoms with van der Waals surface area (Å²) in [4.78, 5) is 0. The largest absolute Gasteiger partial charge is 0.0925 e. The maximum Gasteiger partial charge on any atom is 0.00661 e. The van der Waals surface area contributed by atoms with Crippen molar-refractivity contribution < 1.29 is 0 Å². The number of hydrogen-bond acceptors (Lipinski definition) is 0. The third-order valence-electron chi connectivity index (χ3n) is 2.88. The van der Waals surface area contributed by atoms with E-state index in [9.17, 15) is 0 Å². The zero-order valence-corrected chi connectivity index (χ0v) is 11.9. The van der Waals surface area contributed by atoms with Crippen molar-refractivity contribution in [2.24, 2.45) is 0 Å². The van der Waals surface area contributed by atoms with Crippen molar-refractivity contribution in [3.63, 3.8) is 0 Å². The Bertz CT molecular complexity index is 486. The Morgan fingerprint density at radius 2 is 1.50 bits per heavy atom. The van der Waals surface area contributed by atoms with E-state index in [1.165, 1.54) is 16.7 Å². The van der Waals surface area contributed by atoms with Gasteiger partial charge in [-0.25, -0.2) is 0 Å². The van der Waals surface area contributed by atoms with Gasteiger partial charge in [0.1, 0.15) is 0 Å². The molecule has 0 unspecified atom stereocenters. The molecule has 0 radical (unpaired) electrons. The second-order valence-electron chi connectivity index (χ2n) is 4.24. The van der Waals surface area contributed by atoms with Crippen LogP contribution in [0.1, 0.15) is 17.5 Å². The average molecular weight is 301 g/mol. The normalized spacial score (nSPS) is 11.5. The zero-order chi connectivity index (χ0) is 12.6. The van der Waals surface area contributed by atoms with Crippen LogP contribution in [0.25, 0.3) is 5.57 Å². The molecule has 2 aromatic rings. The number of halogens is 1. The lowest BCUT2D eigenvalue weighted by atomic mass is 9.97. The highest BCUT2D eigenvalue weighted by Gasteiger charge is 2.02. The molecule has 2 rings (SSSR count). The Labute approximate surface area is 117 Å². The second kappa shape index (κ2) is 7.17. The lowest BCUT2D eigenvalue weighted by Crippen LogP contribution is -1.91. The van der Waals surface area contributed by atoms with Crippen LogP contribution >= 0.6 is 15.9 Å². The first-order valence-corrected chi connectivity index (χ1v) is 7.36. The highest BCUT2D eigenvalue weighted by atomic mass is 79.9. The van der Waals surface area contributed by atoms with Gasteiger partial charge in [-0.15, -0.1) is 0 Å². The SMILES string of the molecule is BrCCC=C(Cc1ccccc1)c1ccccc1. The van der Waals surface area contributed by atoms with Crippen molar-refractivity contribution in [1.29, 1.82) is 0 Å². The van der Waals surface area contributed by atoms with Crippen LogP contribution in [0.5, 0.6) is 0 Å². The topological polar surface area (TPSA) is 0 Å². The van der Waals surface area contributed by atoms with Crippen LogP contribution in [-0.2, 0) is 6.42 Å². The van der Waals surface area contributed by atoms with Gasteiger partial charge in [0.15, 0.2) is 0 Å². The van der Waals surface area contributed by atoms with Gasteiger partial charge < -0.3 is 0 Å². The van der Waals surface area contributed by atoms with Crippen molar-refractivity contribution in [2.75, 3.05) is 5.33 Å². The summed E-state index contributed by atoms with van der Waals surface area (Å²) in [6.45, 7) is 0. The molecule has 0 bridgehead atoms. The molecule has 0 heterocycles. The van der Waals surface area contributed by atoms with E-state index < -0.39 is 0 Å². The van der Waals surface area contributed by atoms with E-state index in [1.807, 2.05) is 0 Å². The van der Waals surface area contributed by atoms with E-state index in [-0.39, 0.29) is 0 Å². The highest BCUT2D eigenvalue weighted by Crippen LogP contribution is 2.20. The van der Waals surface area contributed by atoms with Crippen LogP contribution in [0.2, 0.25) is 0 Å². The summed E-state index contributed by atoms with van der Waals surface area (Å²) >= 11 is 3.49. The van der Waals surface area contributed by atoms with Crippen LogP contribution in [-0.4, -0.2) is 5.33 Å².